The summed E-state index contributed by atoms with van der Waals surface area (Å²) in [5.41, 5.74) is 6.92. The van der Waals surface area contributed by atoms with E-state index in [1.807, 2.05) is 6.92 Å². The molecule has 1 amide bonds. The Morgan fingerprint density at radius 2 is 2.00 bits per heavy atom. The molecule has 1 aromatic heterocycles. The minimum atomic E-state index is -0.137. The van der Waals surface area contributed by atoms with Crippen molar-refractivity contribution in [2.24, 2.45) is 35.3 Å². The molecule has 3 atom stereocenters. The molecule has 0 spiro atoms. The number of hydrogen-bond donors (Lipinski definition) is 1. The van der Waals surface area contributed by atoms with Crippen LogP contribution in [0.25, 0.3) is 0 Å². The van der Waals surface area contributed by atoms with Crippen LogP contribution < -0.4 is 5.73 Å². The molecule has 0 bridgehead atoms. The molecular formula is C21H34N4O2. The molecule has 0 saturated carbocycles. The maximum absolute atomic E-state index is 11.4. The first-order chi connectivity index (χ1) is 12.8. The minimum absolute atomic E-state index is 0.0630. The van der Waals surface area contributed by atoms with Gasteiger partial charge in [-0.15, -0.1) is 10.2 Å². The van der Waals surface area contributed by atoms with E-state index in [1.165, 1.54) is 12.0 Å². The van der Waals surface area contributed by atoms with Crippen LogP contribution in [0, 0.1) is 36.5 Å². The predicted molar refractivity (Wildman–Crippen MR) is 105 cm³/mol. The summed E-state index contributed by atoms with van der Waals surface area (Å²) in [5, 5.41) is 8.15. The zero-order valence-corrected chi connectivity index (χ0v) is 17.1. The Morgan fingerprint density at radius 1 is 1.30 bits per heavy atom. The van der Waals surface area contributed by atoms with Gasteiger partial charge in [0.2, 0.25) is 17.7 Å². The van der Waals surface area contributed by atoms with E-state index < -0.39 is 0 Å². The second kappa shape index (κ2) is 8.55. The fourth-order valence-corrected chi connectivity index (χ4v) is 4.81. The molecule has 1 aliphatic carbocycles. The first-order valence-electron chi connectivity index (χ1n) is 10.3. The van der Waals surface area contributed by atoms with Crippen LogP contribution in [0.3, 0.4) is 0 Å². The lowest BCUT2D eigenvalue weighted by atomic mass is 9.69. The molecule has 2 N–H and O–H groups in total. The maximum atomic E-state index is 11.4. The number of hydrogen-bond acceptors (Lipinski definition) is 5. The topological polar surface area (TPSA) is 85.2 Å². The standard InChI is InChI=1S/C21H34N4O2/c1-13(2)19-10-17(11-20-24-23-15(4)27-20)14(3)9-18(19)12-25-7-5-16(6-8-25)21(22)26/h9,13,16-19H,5-8,10-12H2,1-4H3,(H2,22,26)/t17-,18+,19+/m1/s1. The van der Waals surface area contributed by atoms with Gasteiger partial charge in [-0.25, -0.2) is 0 Å². The van der Waals surface area contributed by atoms with Crippen molar-refractivity contribution in [3.8, 4) is 0 Å². The van der Waals surface area contributed by atoms with E-state index in [0.717, 1.165) is 44.8 Å². The quantitative estimate of drug-likeness (QED) is 0.774. The van der Waals surface area contributed by atoms with Gasteiger partial charge in [-0.2, -0.15) is 0 Å². The Morgan fingerprint density at radius 3 is 2.56 bits per heavy atom. The summed E-state index contributed by atoms with van der Waals surface area (Å²) in [5.74, 6) is 3.64. The van der Waals surface area contributed by atoms with E-state index in [1.54, 1.807) is 0 Å². The van der Waals surface area contributed by atoms with Gasteiger partial charge >= 0.3 is 0 Å². The molecule has 1 fully saturated rings. The molecule has 1 aromatic rings. The average molecular weight is 375 g/mol. The summed E-state index contributed by atoms with van der Waals surface area (Å²) in [4.78, 5) is 13.9. The number of nitrogens with zero attached hydrogens (tertiary/aromatic N) is 3. The van der Waals surface area contributed by atoms with Crippen molar-refractivity contribution in [1.29, 1.82) is 0 Å². The van der Waals surface area contributed by atoms with Gasteiger partial charge in [-0.1, -0.05) is 25.5 Å². The summed E-state index contributed by atoms with van der Waals surface area (Å²) in [7, 11) is 0. The second-order valence-electron chi connectivity index (χ2n) is 8.81. The largest absolute Gasteiger partial charge is 0.426 e. The number of carbonyl (C=O) groups excluding carboxylic acids is 1. The predicted octanol–water partition coefficient (Wildman–Crippen LogP) is 2.97. The number of likely N-dealkylation sites (tertiary alicyclic amines) is 1. The number of piperidine rings is 1. The Hall–Kier alpha value is -1.69. The van der Waals surface area contributed by atoms with E-state index in [9.17, 15) is 4.79 Å². The summed E-state index contributed by atoms with van der Waals surface area (Å²) in [6, 6.07) is 0. The van der Waals surface area contributed by atoms with Crippen molar-refractivity contribution < 1.29 is 9.21 Å². The molecule has 6 heteroatoms. The first-order valence-corrected chi connectivity index (χ1v) is 10.3. The molecule has 6 nitrogen and oxygen atoms in total. The first kappa shape index (κ1) is 20.1. The van der Waals surface area contributed by atoms with Crippen LogP contribution in [-0.4, -0.2) is 40.6 Å². The second-order valence-corrected chi connectivity index (χ2v) is 8.81. The molecule has 150 valence electrons. The Kier molecular flexibility index (Phi) is 6.35. The Balaban J connectivity index is 1.65. The number of nitrogens with two attached hydrogens (primary N) is 1. The third-order valence-corrected chi connectivity index (χ3v) is 6.53. The van der Waals surface area contributed by atoms with Crippen LogP contribution in [0.4, 0.5) is 0 Å². The van der Waals surface area contributed by atoms with Crippen LogP contribution in [0.1, 0.15) is 51.8 Å². The van der Waals surface area contributed by atoms with Gasteiger partial charge in [0.25, 0.3) is 0 Å². The van der Waals surface area contributed by atoms with Gasteiger partial charge in [-0.3, -0.25) is 4.79 Å². The molecular weight excluding hydrogens is 340 g/mol. The van der Waals surface area contributed by atoms with Crippen LogP contribution in [-0.2, 0) is 11.2 Å². The third-order valence-electron chi connectivity index (χ3n) is 6.53. The minimum Gasteiger partial charge on any atom is -0.426 e. The highest BCUT2D eigenvalue weighted by atomic mass is 16.4. The number of primary amides is 1. The fourth-order valence-electron chi connectivity index (χ4n) is 4.81. The summed E-state index contributed by atoms with van der Waals surface area (Å²) in [6.45, 7) is 11.8. The van der Waals surface area contributed by atoms with Gasteiger partial charge < -0.3 is 15.1 Å². The molecule has 2 heterocycles. The van der Waals surface area contributed by atoms with Crippen LogP contribution in [0.5, 0.6) is 0 Å². The van der Waals surface area contributed by atoms with Gasteiger partial charge in [0.05, 0.1) is 0 Å². The number of allylic oxidation sites excluding steroid dienone is 1. The maximum Gasteiger partial charge on any atom is 0.220 e. The van der Waals surface area contributed by atoms with Crippen molar-refractivity contribution in [1.82, 2.24) is 15.1 Å². The third kappa shape index (κ3) is 4.98. The van der Waals surface area contributed by atoms with Crippen molar-refractivity contribution in [2.45, 2.75) is 53.4 Å². The highest BCUT2D eigenvalue weighted by molar-refractivity contribution is 5.76. The van der Waals surface area contributed by atoms with Crippen molar-refractivity contribution in [3.63, 3.8) is 0 Å². The zero-order chi connectivity index (χ0) is 19.6. The summed E-state index contributed by atoms with van der Waals surface area (Å²) in [6.07, 6.45) is 6.29. The molecule has 2 aliphatic rings. The average Bonchev–Trinajstić information content (AvgIpc) is 3.02. The summed E-state index contributed by atoms with van der Waals surface area (Å²) < 4.78 is 5.61. The molecule has 27 heavy (non-hydrogen) atoms. The van der Waals surface area contributed by atoms with E-state index >= 15 is 0 Å². The number of carbonyl (C=O) groups is 1. The Labute approximate surface area is 162 Å². The normalized spacial score (nSPS) is 27.7. The monoisotopic (exact) mass is 374 g/mol. The van der Waals surface area contributed by atoms with Gasteiger partial charge in [0, 0.05) is 25.8 Å². The van der Waals surface area contributed by atoms with Gasteiger partial charge in [0.15, 0.2) is 0 Å². The van der Waals surface area contributed by atoms with Crippen molar-refractivity contribution >= 4 is 5.91 Å². The fraction of sp³-hybridized carbons (Fsp3) is 0.762. The highest BCUT2D eigenvalue weighted by Crippen LogP contribution is 2.39. The highest BCUT2D eigenvalue weighted by Gasteiger charge is 2.34. The lowest BCUT2D eigenvalue weighted by molar-refractivity contribution is -0.123. The lowest BCUT2D eigenvalue weighted by Gasteiger charge is -2.40. The van der Waals surface area contributed by atoms with Crippen molar-refractivity contribution in [2.75, 3.05) is 19.6 Å². The molecule has 3 rings (SSSR count). The number of aryl methyl sites for hydroxylation is 1. The smallest absolute Gasteiger partial charge is 0.220 e. The molecule has 0 aromatic carbocycles. The molecule has 0 radical (unpaired) electrons. The van der Waals surface area contributed by atoms with Gasteiger partial charge in [0.1, 0.15) is 0 Å². The van der Waals surface area contributed by atoms with Crippen LogP contribution >= 0.6 is 0 Å². The summed E-state index contributed by atoms with van der Waals surface area (Å²) >= 11 is 0. The van der Waals surface area contributed by atoms with Gasteiger partial charge in [-0.05, 0) is 62.9 Å². The van der Waals surface area contributed by atoms with E-state index in [-0.39, 0.29) is 11.8 Å². The molecule has 1 saturated heterocycles. The molecule has 0 unspecified atom stereocenters. The van der Waals surface area contributed by atoms with E-state index in [2.05, 4.69) is 41.9 Å². The SMILES string of the molecule is CC1=C[C@@H](CN2CCC(C(N)=O)CC2)[C@H](C(C)C)C[C@@H]1Cc1nnc(C)o1. The Bertz CT molecular complexity index is 673. The van der Waals surface area contributed by atoms with Crippen molar-refractivity contribution in [3.05, 3.63) is 23.4 Å². The van der Waals surface area contributed by atoms with Crippen LogP contribution in [0.15, 0.2) is 16.1 Å². The number of rotatable bonds is 6. The van der Waals surface area contributed by atoms with E-state index in [4.69, 9.17) is 10.2 Å². The lowest BCUT2D eigenvalue weighted by Crippen LogP contribution is -2.43. The molecule has 1 aliphatic heterocycles. The number of amides is 1. The zero-order valence-electron chi connectivity index (χ0n) is 17.1. The van der Waals surface area contributed by atoms with Crippen LogP contribution in [0.2, 0.25) is 0 Å². The number of aromatic nitrogens is 2. The van der Waals surface area contributed by atoms with E-state index in [0.29, 0.717) is 29.6 Å².